The summed E-state index contributed by atoms with van der Waals surface area (Å²) in [7, 11) is 3.21. The molecule has 1 unspecified atom stereocenters. The van der Waals surface area contributed by atoms with Gasteiger partial charge in [0.2, 0.25) is 5.91 Å². The zero-order chi connectivity index (χ0) is 30.1. The van der Waals surface area contributed by atoms with E-state index in [0.717, 1.165) is 22.6 Å². The number of aliphatic carboxylic acids is 2. The van der Waals surface area contributed by atoms with Gasteiger partial charge in [0.25, 0.3) is 5.91 Å². The lowest BCUT2D eigenvalue weighted by Gasteiger charge is -2.20. The van der Waals surface area contributed by atoms with Gasteiger partial charge < -0.3 is 34.9 Å². The van der Waals surface area contributed by atoms with Gasteiger partial charge in [-0.05, 0) is 61.9 Å². The van der Waals surface area contributed by atoms with Crippen molar-refractivity contribution in [2.75, 3.05) is 27.3 Å². The average molecular weight is 568 g/mol. The largest absolute Gasteiger partial charge is 0.496 e. The molecule has 0 fully saturated rings. The molecular formula is C30H37N3O8. The number of aromatic nitrogens is 1. The molecule has 3 aromatic rings. The summed E-state index contributed by atoms with van der Waals surface area (Å²) < 4.78 is 12.5. The summed E-state index contributed by atoms with van der Waals surface area (Å²) in [6.07, 6.45) is 1.18. The lowest BCUT2D eigenvalue weighted by Crippen LogP contribution is -2.38. The molecule has 11 heteroatoms. The molecule has 1 aromatic heterocycles. The standard InChI is InChI=1S/C30H37N3O8/c1-18-14-24(40-3)27(25(15-18)41-4)19(2)8-7-12-31-28(36)21(30(38)39)11-13-32-29(37)23-16-20-9-5-6-10-22(20)33(23)17-26(34)35/h5-6,9-10,14-16,19,21H,7-8,11-13,17H2,1-4H3,(H,31,36)(H,32,37)(H,34,35)(H,38,39)/t19?,21-/m1/s1. The van der Waals surface area contributed by atoms with Crippen molar-refractivity contribution in [3.05, 3.63) is 59.3 Å². The van der Waals surface area contributed by atoms with Gasteiger partial charge in [-0.3, -0.25) is 19.2 Å². The normalized spacial score (nSPS) is 12.4. The van der Waals surface area contributed by atoms with E-state index in [-0.39, 0.29) is 31.1 Å². The summed E-state index contributed by atoms with van der Waals surface area (Å²) in [6.45, 7) is 3.79. The summed E-state index contributed by atoms with van der Waals surface area (Å²) in [5.74, 6) is -3.40. The first-order valence-corrected chi connectivity index (χ1v) is 13.4. The van der Waals surface area contributed by atoms with E-state index >= 15 is 0 Å². The van der Waals surface area contributed by atoms with Gasteiger partial charge in [0.05, 0.1) is 14.2 Å². The van der Waals surface area contributed by atoms with E-state index in [1.165, 1.54) is 4.57 Å². The molecule has 4 N–H and O–H groups in total. The number of carbonyl (C=O) groups excluding carboxylic acids is 2. The van der Waals surface area contributed by atoms with E-state index < -0.39 is 36.2 Å². The molecule has 2 atom stereocenters. The number of benzene rings is 2. The summed E-state index contributed by atoms with van der Waals surface area (Å²) >= 11 is 0. The fourth-order valence-corrected chi connectivity index (χ4v) is 4.93. The summed E-state index contributed by atoms with van der Waals surface area (Å²) in [5, 5.41) is 24.9. The number of methoxy groups -OCH3 is 2. The van der Waals surface area contributed by atoms with Crippen LogP contribution < -0.4 is 20.1 Å². The van der Waals surface area contributed by atoms with Crippen LogP contribution in [0.3, 0.4) is 0 Å². The zero-order valence-corrected chi connectivity index (χ0v) is 23.7. The minimum absolute atomic E-state index is 0.0691. The van der Waals surface area contributed by atoms with Gasteiger partial charge in [0.15, 0.2) is 0 Å². The first-order chi connectivity index (χ1) is 19.6. The van der Waals surface area contributed by atoms with Crippen LogP contribution in [0.15, 0.2) is 42.5 Å². The van der Waals surface area contributed by atoms with Gasteiger partial charge in [-0.1, -0.05) is 25.1 Å². The third-order valence-electron chi connectivity index (χ3n) is 6.96. The average Bonchev–Trinajstić information content (AvgIpc) is 3.30. The Hall–Kier alpha value is -4.54. The smallest absolute Gasteiger partial charge is 0.323 e. The van der Waals surface area contributed by atoms with Crippen LogP contribution in [0.25, 0.3) is 10.9 Å². The molecule has 2 aromatic carbocycles. The highest BCUT2D eigenvalue weighted by atomic mass is 16.5. The van der Waals surface area contributed by atoms with Crippen LogP contribution in [-0.4, -0.2) is 65.8 Å². The van der Waals surface area contributed by atoms with Crippen molar-refractivity contribution >= 4 is 34.7 Å². The van der Waals surface area contributed by atoms with Gasteiger partial charge in [-0.2, -0.15) is 0 Å². The third kappa shape index (κ3) is 7.77. The van der Waals surface area contributed by atoms with Crippen LogP contribution in [0.1, 0.15) is 53.7 Å². The van der Waals surface area contributed by atoms with E-state index in [2.05, 4.69) is 10.6 Å². The van der Waals surface area contributed by atoms with Crippen molar-refractivity contribution in [3.63, 3.8) is 0 Å². The van der Waals surface area contributed by atoms with Crippen molar-refractivity contribution in [3.8, 4) is 11.5 Å². The first-order valence-electron chi connectivity index (χ1n) is 13.4. The SMILES string of the molecule is COc1cc(C)cc(OC)c1C(C)CCCNC(=O)[C@@H](CCNC(=O)c1cc2ccccc2n1CC(=O)O)C(=O)O. The molecule has 2 amide bonds. The number of hydrogen-bond acceptors (Lipinski definition) is 6. The molecular weight excluding hydrogens is 530 g/mol. The van der Waals surface area contributed by atoms with Gasteiger partial charge in [0, 0.05) is 29.6 Å². The predicted molar refractivity (Wildman–Crippen MR) is 153 cm³/mol. The minimum atomic E-state index is -1.35. The Morgan fingerprint density at radius 3 is 2.20 bits per heavy atom. The second-order valence-corrected chi connectivity index (χ2v) is 9.92. The number of nitrogens with one attached hydrogen (secondary N) is 2. The number of amides is 2. The summed E-state index contributed by atoms with van der Waals surface area (Å²) in [4.78, 5) is 48.7. The number of nitrogens with zero attached hydrogens (tertiary/aromatic N) is 1. The fourth-order valence-electron chi connectivity index (χ4n) is 4.93. The maximum absolute atomic E-state index is 12.8. The topological polar surface area (TPSA) is 156 Å². The molecule has 0 aliphatic heterocycles. The van der Waals surface area contributed by atoms with E-state index in [1.807, 2.05) is 26.0 Å². The number of hydrogen-bond donors (Lipinski definition) is 4. The number of para-hydroxylation sites is 1. The molecule has 0 bridgehead atoms. The number of ether oxygens (including phenoxy) is 2. The van der Waals surface area contributed by atoms with Crippen LogP contribution in [0, 0.1) is 12.8 Å². The maximum Gasteiger partial charge on any atom is 0.323 e. The summed E-state index contributed by atoms with van der Waals surface area (Å²) in [6, 6.07) is 12.5. The number of carbonyl (C=O) groups is 4. The van der Waals surface area contributed by atoms with E-state index in [9.17, 15) is 29.4 Å². The highest BCUT2D eigenvalue weighted by Gasteiger charge is 2.26. The van der Waals surface area contributed by atoms with Gasteiger partial charge in [-0.15, -0.1) is 0 Å². The fraction of sp³-hybridized carbons (Fsp3) is 0.400. The number of rotatable bonds is 15. The Bertz CT molecular complexity index is 1390. The van der Waals surface area contributed by atoms with E-state index in [4.69, 9.17) is 9.47 Å². The monoisotopic (exact) mass is 567 g/mol. The van der Waals surface area contributed by atoms with Crippen molar-refractivity contribution in [2.24, 2.45) is 5.92 Å². The molecule has 0 saturated carbocycles. The third-order valence-corrected chi connectivity index (χ3v) is 6.96. The quantitative estimate of drug-likeness (QED) is 0.160. The predicted octanol–water partition coefficient (Wildman–Crippen LogP) is 3.57. The first kappa shape index (κ1) is 31.0. The molecule has 0 radical (unpaired) electrons. The Morgan fingerprint density at radius 2 is 1.59 bits per heavy atom. The van der Waals surface area contributed by atoms with Crippen LogP contribution in [0.5, 0.6) is 11.5 Å². The lowest BCUT2D eigenvalue weighted by atomic mass is 9.93. The molecule has 41 heavy (non-hydrogen) atoms. The van der Waals surface area contributed by atoms with Crippen LogP contribution >= 0.6 is 0 Å². The van der Waals surface area contributed by atoms with Crippen LogP contribution in [0.4, 0.5) is 0 Å². The molecule has 0 aliphatic carbocycles. The second kappa shape index (κ2) is 14.2. The molecule has 3 rings (SSSR count). The molecule has 1 heterocycles. The molecule has 0 spiro atoms. The Labute approximate surface area is 238 Å². The summed E-state index contributed by atoms with van der Waals surface area (Å²) in [5.41, 5.74) is 2.69. The lowest BCUT2D eigenvalue weighted by molar-refractivity contribution is -0.147. The highest BCUT2D eigenvalue weighted by Crippen LogP contribution is 2.38. The van der Waals surface area contributed by atoms with Crippen molar-refractivity contribution < 1.29 is 38.9 Å². The highest BCUT2D eigenvalue weighted by molar-refractivity contribution is 6.00. The number of fused-ring (bicyclic) bond motifs is 1. The van der Waals surface area contributed by atoms with Crippen LogP contribution in [0.2, 0.25) is 0 Å². The van der Waals surface area contributed by atoms with Gasteiger partial charge in [-0.25, -0.2) is 0 Å². The van der Waals surface area contributed by atoms with Gasteiger partial charge >= 0.3 is 11.9 Å². The van der Waals surface area contributed by atoms with E-state index in [0.29, 0.717) is 23.7 Å². The molecule has 0 saturated heterocycles. The van der Waals surface area contributed by atoms with E-state index in [1.54, 1.807) is 44.6 Å². The van der Waals surface area contributed by atoms with Crippen molar-refractivity contribution in [1.29, 1.82) is 0 Å². The molecule has 0 aliphatic rings. The van der Waals surface area contributed by atoms with Crippen molar-refractivity contribution in [1.82, 2.24) is 15.2 Å². The van der Waals surface area contributed by atoms with Crippen molar-refractivity contribution in [2.45, 2.75) is 45.6 Å². The Morgan fingerprint density at radius 1 is 0.927 bits per heavy atom. The van der Waals surface area contributed by atoms with Gasteiger partial charge in [0.1, 0.15) is 29.7 Å². The number of aryl methyl sites for hydroxylation is 1. The zero-order valence-electron chi connectivity index (χ0n) is 23.7. The molecule has 11 nitrogen and oxygen atoms in total. The number of carboxylic acids is 2. The maximum atomic E-state index is 12.8. The Kier molecular flexibility index (Phi) is 10.7. The molecule has 220 valence electrons. The number of carboxylic acid groups (broad SMARTS) is 2. The minimum Gasteiger partial charge on any atom is -0.496 e. The van der Waals surface area contributed by atoms with Crippen LogP contribution in [-0.2, 0) is 20.9 Å². The Balaban J connectivity index is 1.54. The second-order valence-electron chi connectivity index (χ2n) is 9.92.